The second kappa shape index (κ2) is 32.6. The van der Waals surface area contributed by atoms with E-state index in [0.29, 0.717) is 12.8 Å². The Morgan fingerprint density at radius 2 is 0.636 bits per heavy atom. The van der Waals surface area contributed by atoms with Gasteiger partial charge in [0.1, 0.15) is 0 Å². The van der Waals surface area contributed by atoms with Crippen LogP contribution in [0.3, 0.4) is 0 Å². The molecular weight excluding hydrogens is 542 g/mol. The minimum absolute atomic E-state index is 0.142. The Kier molecular flexibility index (Phi) is 29.7. The summed E-state index contributed by atoms with van der Waals surface area (Å²) in [5.74, 6) is -0.512. The number of aliphatic carboxylic acids is 1. The Bertz CT molecular complexity index is 750. The number of hydrogen-bond acceptors (Lipinski definition) is 2. The zero-order chi connectivity index (χ0) is 31.6. The molecule has 4 nitrogen and oxygen atoms in total. The molecule has 1 rings (SSSR count). The molecule has 4 heteroatoms. The molecule has 1 aromatic rings. The van der Waals surface area contributed by atoms with Crippen LogP contribution >= 0.6 is 0 Å². The smallest absolute Gasteiger partial charge is 0.303 e. The normalized spacial score (nSPS) is 11.2. The summed E-state index contributed by atoms with van der Waals surface area (Å²) < 4.78 is 0. The topological polar surface area (TPSA) is 66.4 Å². The fourth-order valence-electron chi connectivity index (χ4n) is 6.26. The molecular formula is C40H71NO3. The van der Waals surface area contributed by atoms with Crippen LogP contribution < -0.4 is 5.32 Å². The summed E-state index contributed by atoms with van der Waals surface area (Å²) in [4.78, 5) is 22.4. The van der Waals surface area contributed by atoms with Gasteiger partial charge in [-0.25, -0.2) is 0 Å². The van der Waals surface area contributed by atoms with Gasteiger partial charge in [0.2, 0.25) is 5.91 Å². The van der Waals surface area contributed by atoms with Crippen LogP contribution in [0.25, 0.3) is 0 Å². The van der Waals surface area contributed by atoms with E-state index < -0.39 is 5.97 Å². The number of amides is 1. The average molecular weight is 614 g/mol. The Labute approximate surface area is 273 Å². The Hall–Kier alpha value is -1.84. The predicted molar refractivity (Wildman–Crippen MR) is 190 cm³/mol. The molecule has 254 valence electrons. The van der Waals surface area contributed by atoms with Gasteiger partial charge < -0.3 is 10.4 Å². The Morgan fingerprint density at radius 3 is 0.909 bits per heavy atom. The van der Waals surface area contributed by atoms with Crippen LogP contribution in [0.2, 0.25) is 0 Å². The van der Waals surface area contributed by atoms with Crippen LogP contribution in [-0.2, 0) is 9.59 Å². The molecule has 0 spiro atoms. The summed E-state index contributed by atoms with van der Waals surface area (Å²) in [6, 6.07) is 9.75. The molecule has 0 aliphatic heterocycles. The number of para-hydroxylation sites is 1. The number of carboxylic acids is 1. The van der Waals surface area contributed by atoms with Gasteiger partial charge >= 0.3 is 5.97 Å². The molecule has 1 amide bonds. The van der Waals surface area contributed by atoms with E-state index in [4.69, 9.17) is 5.11 Å². The molecule has 1 aromatic carbocycles. The van der Waals surface area contributed by atoms with Gasteiger partial charge in [-0.15, -0.1) is 0 Å². The van der Waals surface area contributed by atoms with E-state index in [-0.39, 0.29) is 5.91 Å². The lowest BCUT2D eigenvalue weighted by molar-refractivity contribution is -0.137. The van der Waals surface area contributed by atoms with Crippen LogP contribution in [0.15, 0.2) is 30.3 Å². The molecule has 0 saturated heterocycles. The van der Waals surface area contributed by atoms with E-state index in [2.05, 4.69) is 5.32 Å². The number of carboxylic acid groups (broad SMARTS) is 1. The van der Waals surface area contributed by atoms with Crippen LogP contribution in [-0.4, -0.2) is 17.0 Å². The van der Waals surface area contributed by atoms with E-state index in [9.17, 15) is 9.59 Å². The highest BCUT2D eigenvalue weighted by Crippen LogP contribution is 2.17. The Balaban J connectivity index is 1.64. The highest BCUT2D eigenvalue weighted by atomic mass is 16.4. The number of carbonyl (C=O) groups excluding carboxylic acids is 1. The van der Waals surface area contributed by atoms with E-state index in [0.717, 1.165) is 24.9 Å². The number of anilines is 1. The molecule has 0 heterocycles. The maximum absolute atomic E-state index is 12.0. The largest absolute Gasteiger partial charge is 0.481 e. The molecule has 0 unspecified atom stereocenters. The average Bonchev–Trinajstić information content (AvgIpc) is 3.02. The fraction of sp³-hybridized carbons (Fsp3) is 0.800. The maximum Gasteiger partial charge on any atom is 0.303 e. The van der Waals surface area contributed by atoms with Crippen molar-refractivity contribution >= 4 is 17.6 Å². The first-order chi connectivity index (χ1) is 21.7. The zero-order valence-electron chi connectivity index (χ0n) is 28.8. The second-order valence-corrected chi connectivity index (χ2v) is 13.4. The van der Waals surface area contributed by atoms with Gasteiger partial charge in [0.15, 0.2) is 0 Å². The summed E-state index contributed by atoms with van der Waals surface area (Å²) >= 11 is 0. The standard InChI is InChI=1S/C40H71NO3/c42-39(41-38-34-30-29-31-35-38)36-32-27-25-23-21-19-17-15-13-11-9-7-5-3-1-2-4-6-8-10-12-14-16-18-20-22-24-26-28-33-37-40(43)44/h29-31,34-35H,1-28,32-33,36-37H2,(H,41,42)(H,43,44). The number of benzene rings is 1. The molecule has 44 heavy (non-hydrogen) atoms. The van der Waals surface area contributed by atoms with Gasteiger partial charge in [-0.2, -0.15) is 0 Å². The van der Waals surface area contributed by atoms with Crippen molar-refractivity contribution in [1.82, 2.24) is 0 Å². The van der Waals surface area contributed by atoms with Crippen molar-refractivity contribution in [3.05, 3.63) is 30.3 Å². The minimum atomic E-state index is -0.654. The summed E-state index contributed by atoms with van der Waals surface area (Å²) in [6.07, 6.45) is 41.3. The lowest BCUT2D eigenvalue weighted by Crippen LogP contribution is -2.10. The Morgan fingerprint density at radius 1 is 0.386 bits per heavy atom. The molecule has 2 N–H and O–H groups in total. The number of hydrogen-bond donors (Lipinski definition) is 2. The number of unbranched alkanes of at least 4 members (excludes halogenated alkanes) is 29. The molecule has 0 aliphatic rings. The highest BCUT2D eigenvalue weighted by Gasteiger charge is 2.02. The predicted octanol–water partition coefficient (Wildman–Crippen LogP) is 13.2. The van der Waals surface area contributed by atoms with Crippen molar-refractivity contribution in [2.75, 3.05) is 5.32 Å². The van der Waals surface area contributed by atoms with Crippen LogP contribution in [0.4, 0.5) is 5.69 Å². The first-order valence-electron chi connectivity index (χ1n) is 19.2. The molecule has 0 bridgehead atoms. The van der Waals surface area contributed by atoms with Gasteiger partial charge in [0.05, 0.1) is 0 Å². The molecule has 0 aliphatic carbocycles. The third kappa shape index (κ3) is 30.2. The van der Waals surface area contributed by atoms with E-state index in [1.54, 1.807) is 0 Å². The first-order valence-corrected chi connectivity index (χ1v) is 19.2. The first kappa shape index (κ1) is 40.2. The van der Waals surface area contributed by atoms with Crippen LogP contribution in [0.5, 0.6) is 0 Å². The monoisotopic (exact) mass is 614 g/mol. The number of carbonyl (C=O) groups is 2. The third-order valence-electron chi connectivity index (χ3n) is 9.10. The fourth-order valence-corrected chi connectivity index (χ4v) is 6.26. The van der Waals surface area contributed by atoms with Crippen molar-refractivity contribution < 1.29 is 14.7 Å². The lowest BCUT2D eigenvalue weighted by Gasteiger charge is -2.05. The van der Waals surface area contributed by atoms with Gasteiger partial charge in [-0.3, -0.25) is 9.59 Å². The van der Waals surface area contributed by atoms with Crippen molar-refractivity contribution in [2.24, 2.45) is 0 Å². The molecule has 0 radical (unpaired) electrons. The number of rotatable bonds is 34. The number of nitrogens with one attached hydrogen (secondary N) is 1. The summed E-state index contributed by atoms with van der Waals surface area (Å²) in [5, 5.41) is 11.6. The SMILES string of the molecule is O=C(O)CCCCCCCCCCCCCCCCCCCCCCCCCCCCCCCCC(=O)Nc1ccccc1. The molecule has 0 aromatic heterocycles. The lowest BCUT2D eigenvalue weighted by atomic mass is 10.0. The van der Waals surface area contributed by atoms with E-state index in [1.165, 1.54) is 173 Å². The van der Waals surface area contributed by atoms with Crippen molar-refractivity contribution in [3.8, 4) is 0 Å². The summed E-state index contributed by atoms with van der Waals surface area (Å²) in [6.45, 7) is 0. The van der Waals surface area contributed by atoms with Gasteiger partial charge in [-0.1, -0.05) is 198 Å². The van der Waals surface area contributed by atoms with E-state index in [1.807, 2.05) is 30.3 Å². The second-order valence-electron chi connectivity index (χ2n) is 13.4. The van der Waals surface area contributed by atoms with Crippen LogP contribution in [0, 0.1) is 0 Å². The zero-order valence-corrected chi connectivity index (χ0v) is 28.8. The molecule has 0 atom stereocenters. The summed E-state index contributed by atoms with van der Waals surface area (Å²) in [7, 11) is 0. The summed E-state index contributed by atoms with van der Waals surface area (Å²) in [5.41, 5.74) is 0.899. The van der Waals surface area contributed by atoms with Gasteiger partial charge in [-0.05, 0) is 25.0 Å². The van der Waals surface area contributed by atoms with Crippen LogP contribution in [0.1, 0.15) is 205 Å². The minimum Gasteiger partial charge on any atom is -0.481 e. The maximum atomic E-state index is 12.0. The quantitative estimate of drug-likeness (QED) is 0.0760. The van der Waals surface area contributed by atoms with Crippen molar-refractivity contribution in [2.45, 2.75) is 205 Å². The third-order valence-corrected chi connectivity index (χ3v) is 9.10. The molecule has 0 fully saturated rings. The molecule has 0 saturated carbocycles. The van der Waals surface area contributed by atoms with Gasteiger partial charge in [0, 0.05) is 18.5 Å². The van der Waals surface area contributed by atoms with E-state index >= 15 is 0 Å². The highest BCUT2D eigenvalue weighted by molar-refractivity contribution is 5.90. The van der Waals surface area contributed by atoms with Gasteiger partial charge in [0.25, 0.3) is 0 Å². The van der Waals surface area contributed by atoms with Crippen molar-refractivity contribution in [1.29, 1.82) is 0 Å². The van der Waals surface area contributed by atoms with Crippen molar-refractivity contribution in [3.63, 3.8) is 0 Å².